The van der Waals surface area contributed by atoms with Crippen LogP contribution in [0.15, 0.2) is 35.2 Å². The van der Waals surface area contributed by atoms with Crippen LogP contribution in [0.2, 0.25) is 5.02 Å². The van der Waals surface area contributed by atoms with Crippen LogP contribution in [0, 0.1) is 0 Å². The van der Waals surface area contributed by atoms with Gasteiger partial charge in [0.05, 0.1) is 5.02 Å². The number of imidazole rings is 1. The number of hydrogen-bond acceptors (Lipinski definition) is 5. The van der Waals surface area contributed by atoms with E-state index >= 15 is 0 Å². The van der Waals surface area contributed by atoms with E-state index in [0.717, 1.165) is 22.4 Å². The predicted octanol–water partition coefficient (Wildman–Crippen LogP) is 3.71. The minimum Gasteiger partial charge on any atom is -0.422 e. The first-order chi connectivity index (χ1) is 10.6. The highest BCUT2D eigenvalue weighted by molar-refractivity contribution is 6.35. The van der Waals surface area contributed by atoms with Crippen LogP contribution in [0.4, 0.5) is 0 Å². The molecule has 0 saturated heterocycles. The van der Waals surface area contributed by atoms with Gasteiger partial charge in [-0.1, -0.05) is 25.4 Å². The third-order valence-electron chi connectivity index (χ3n) is 3.54. The van der Waals surface area contributed by atoms with Gasteiger partial charge in [0.15, 0.2) is 0 Å². The van der Waals surface area contributed by atoms with Gasteiger partial charge in [-0.25, -0.2) is 9.97 Å². The highest BCUT2D eigenvalue weighted by Gasteiger charge is 2.14. The van der Waals surface area contributed by atoms with Crippen LogP contribution in [0.3, 0.4) is 0 Å². The molecule has 4 aromatic heterocycles. The molecule has 4 aromatic rings. The molecule has 0 aliphatic heterocycles. The van der Waals surface area contributed by atoms with Gasteiger partial charge in [0.1, 0.15) is 17.0 Å². The summed E-state index contributed by atoms with van der Waals surface area (Å²) in [5.74, 6) is 0.666. The maximum Gasteiger partial charge on any atom is 0.267 e. The number of rotatable bonds is 2. The molecular formula is C15H12ClN5O. The minimum absolute atomic E-state index is 0.288. The molecule has 0 fully saturated rings. The third-order valence-corrected chi connectivity index (χ3v) is 3.85. The Morgan fingerprint density at radius 2 is 2.09 bits per heavy atom. The molecule has 7 heteroatoms. The quantitative estimate of drug-likeness (QED) is 0.564. The number of aromatic nitrogens is 5. The van der Waals surface area contributed by atoms with E-state index in [1.54, 1.807) is 0 Å². The summed E-state index contributed by atoms with van der Waals surface area (Å²) >= 11 is 6.40. The summed E-state index contributed by atoms with van der Waals surface area (Å²) in [5.41, 5.74) is 3.08. The fraction of sp³-hybridized carbons (Fsp3) is 0.200. The zero-order valence-corrected chi connectivity index (χ0v) is 12.7. The van der Waals surface area contributed by atoms with Crippen molar-refractivity contribution < 1.29 is 4.42 Å². The second kappa shape index (κ2) is 4.78. The molecule has 0 atom stereocenters. The van der Waals surface area contributed by atoms with E-state index in [2.05, 4.69) is 29.0 Å². The number of fused-ring (bicyclic) bond motifs is 3. The first kappa shape index (κ1) is 13.2. The summed E-state index contributed by atoms with van der Waals surface area (Å²) in [7, 11) is 0. The largest absolute Gasteiger partial charge is 0.422 e. The van der Waals surface area contributed by atoms with Gasteiger partial charge < -0.3 is 4.42 Å². The van der Waals surface area contributed by atoms with Crippen molar-refractivity contribution in [3.8, 4) is 11.6 Å². The Morgan fingerprint density at radius 1 is 1.23 bits per heavy atom. The normalized spacial score (nSPS) is 11.8. The lowest BCUT2D eigenvalue weighted by atomic mass is 10.1. The Kier molecular flexibility index (Phi) is 2.87. The van der Waals surface area contributed by atoms with Gasteiger partial charge in [-0.15, -0.1) is 10.2 Å². The van der Waals surface area contributed by atoms with Crippen molar-refractivity contribution in [3.63, 3.8) is 0 Å². The molecule has 110 valence electrons. The Labute approximate surface area is 130 Å². The number of pyridine rings is 2. The first-order valence-electron chi connectivity index (χ1n) is 6.88. The molecule has 0 bridgehead atoms. The van der Waals surface area contributed by atoms with Crippen molar-refractivity contribution in [1.29, 1.82) is 0 Å². The van der Waals surface area contributed by atoms with Crippen LogP contribution < -0.4 is 0 Å². The Balaban J connectivity index is 2.05. The van der Waals surface area contributed by atoms with Gasteiger partial charge in [0, 0.05) is 17.3 Å². The van der Waals surface area contributed by atoms with E-state index in [-0.39, 0.29) is 5.92 Å². The molecule has 0 unspecified atom stereocenters. The second-order valence-corrected chi connectivity index (χ2v) is 5.76. The summed E-state index contributed by atoms with van der Waals surface area (Å²) in [6.45, 7) is 4.17. The molecule has 0 aromatic carbocycles. The van der Waals surface area contributed by atoms with Crippen LogP contribution in [0.5, 0.6) is 0 Å². The van der Waals surface area contributed by atoms with Gasteiger partial charge in [-0.3, -0.25) is 4.40 Å². The van der Waals surface area contributed by atoms with E-state index in [1.165, 1.54) is 6.39 Å². The average molecular weight is 314 g/mol. The van der Waals surface area contributed by atoms with E-state index in [1.807, 2.05) is 28.8 Å². The SMILES string of the molecule is CC(C)c1cc(Cl)c2ccc3nc(-c4nnco4)cn3c2n1. The standard InChI is InChI=1S/C15H12ClN5O/c1-8(2)11-5-10(16)9-3-4-13-18-12(15-20-17-7-22-15)6-21(13)14(9)19-11/h3-8H,1-2H3. The molecule has 0 spiro atoms. The summed E-state index contributed by atoms with van der Waals surface area (Å²) in [6.07, 6.45) is 3.11. The molecular weight excluding hydrogens is 302 g/mol. The molecule has 4 heterocycles. The van der Waals surface area contributed by atoms with Gasteiger partial charge in [0.2, 0.25) is 6.39 Å². The van der Waals surface area contributed by atoms with Gasteiger partial charge in [0.25, 0.3) is 5.89 Å². The number of hydrogen-bond donors (Lipinski definition) is 0. The molecule has 0 amide bonds. The Bertz CT molecular complexity index is 975. The molecule has 0 aliphatic rings. The summed E-state index contributed by atoms with van der Waals surface area (Å²) in [4.78, 5) is 9.22. The van der Waals surface area contributed by atoms with Crippen LogP contribution >= 0.6 is 11.6 Å². The topological polar surface area (TPSA) is 69.1 Å². The average Bonchev–Trinajstić information content (AvgIpc) is 3.15. The molecule has 0 saturated carbocycles. The molecule has 6 nitrogen and oxygen atoms in total. The lowest BCUT2D eigenvalue weighted by Gasteiger charge is -2.09. The Hall–Kier alpha value is -2.47. The summed E-state index contributed by atoms with van der Waals surface area (Å²) in [6, 6.07) is 5.73. The van der Waals surface area contributed by atoms with Crippen LogP contribution in [0.1, 0.15) is 25.5 Å². The van der Waals surface area contributed by atoms with Crippen LogP contribution in [0.25, 0.3) is 28.3 Å². The minimum atomic E-state index is 0.288. The van der Waals surface area contributed by atoms with Crippen molar-refractivity contribution in [2.24, 2.45) is 0 Å². The van der Waals surface area contributed by atoms with Gasteiger partial charge in [-0.05, 0) is 24.1 Å². The van der Waals surface area contributed by atoms with E-state index in [0.29, 0.717) is 16.6 Å². The summed E-state index contributed by atoms with van der Waals surface area (Å²) < 4.78 is 7.10. The maximum atomic E-state index is 6.40. The van der Waals surface area contributed by atoms with Gasteiger partial charge in [-0.2, -0.15) is 0 Å². The molecule has 4 rings (SSSR count). The third kappa shape index (κ3) is 1.95. The van der Waals surface area contributed by atoms with Crippen LogP contribution in [-0.4, -0.2) is 24.6 Å². The predicted molar refractivity (Wildman–Crippen MR) is 82.9 cm³/mol. The van der Waals surface area contributed by atoms with Gasteiger partial charge >= 0.3 is 0 Å². The van der Waals surface area contributed by atoms with Crippen molar-refractivity contribution >= 4 is 28.3 Å². The zero-order valence-electron chi connectivity index (χ0n) is 12.0. The molecule has 0 aliphatic carbocycles. The highest BCUT2D eigenvalue weighted by atomic mass is 35.5. The lowest BCUT2D eigenvalue weighted by molar-refractivity contribution is 0.567. The zero-order chi connectivity index (χ0) is 15.3. The molecule has 0 N–H and O–H groups in total. The van der Waals surface area contributed by atoms with E-state index in [9.17, 15) is 0 Å². The van der Waals surface area contributed by atoms with E-state index < -0.39 is 0 Å². The van der Waals surface area contributed by atoms with Crippen molar-refractivity contribution in [1.82, 2.24) is 24.6 Å². The maximum absolute atomic E-state index is 6.40. The Morgan fingerprint density at radius 3 is 2.82 bits per heavy atom. The molecule has 0 radical (unpaired) electrons. The second-order valence-electron chi connectivity index (χ2n) is 5.35. The number of nitrogens with zero attached hydrogens (tertiary/aromatic N) is 5. The monoisotopic (exact) mass is 313 g/mol. The molecule has 22 heavy (non-hydrogen) atoms. The number of halogens is 1. The summed E-state index contributed by atoms with van der Waals surface area (Å²) in [5, 5.41) is 9.13. The smallest absolute Gasteiger partial charge is 0.267 e. The van der Waals surface area contributed by atoms with Crippen LogP contribution in [-0.2, 0) is 0 Å². The van der Waals surface area contributed by atoms with E-state index in [4.69, 9.17) is 21.0 Å². The van der Waals surface area contributed by atoms with Crippen molar-refractivity contribution in [2.75, 3.05) is 0 Å². The fourth-order valence-corrected chi connectivity index (χ4v) is 2.65. The first-order valence-corrected chi connectivity index (χ1v) is 7.26. The van der Waals surface area contributed by atoms with Crippen molar-refractivity contribution in [2.45, 2.75) is 19.8 Å². The fourth-order valence-electron chi connectivity index (χ4n) is 2.39. The highest BCUT2D eigenvalue weighted by Crippen LogP contribution is 2.28. The lowest BCUT2D eigenvalue weighted by Crippen LogP contribution is -1.97. The van der Waals surface area contributed by atoms with Crippen molar-refractivity contribution in [3.05, 3.63) is 41.5 Å².